The molecular weight excluding hydrogens is 684 g/mol. The molecule has 2 saturated heterocycles. The van der Waals surface area contributed by atoms with E-state index in [2.05, 4.69) is 54.5 Å². The normalized spacial score (nSPS) is 54.7. The highest BCUT2D eigenvalue weighted by atomic mass is 16.8. The second kappa shape index (κ2) is 13.2. The van der Waals surface area contributed by atoms with Crippen molar-refractivity contribution in [1.82, 2.24) is 0 Å². The van der Waals surface area contributed by atoms with Crippen LogP contribution in [-0.4, -0.2) is 116 Å². The number of aliphatic carboxylic acids is 1. The van der Waals surface area contributed by atoms with Crippen molar-refractivity contribution in [2.45, 2.75) is 181 Å². The molecule has 7 N–H and O–H groups in total. The lowest BCUT2D eigenvalue weighted by Gasteiger charge is -2.71. The first-order chi connectivity index (χ1) is 24.5. The van der Waals surface area contributed by atoms with Gasteiger partial charge in [0.15, 0.2) is 12.6 Å². The molecule has 53 heavy (non-hydrogen) atoms. The van der Waals surface area contributed by atoms with Gasteiger partial charge in [-0.15, -0.1) is 0 Å². The molecule has 6 fully saturated rings. The first-order valence-electron chi connectivity index (χ1n) is 20.2. The third-order valence-corrected chi connectivity index (χ3v) is 16.8. The average molecular weight is 751 g/mol. The molecule has 4 saturated carbocycles. The molecule has 0 aromatic rings. The Morgan fingerprint density at radius 3 is 2.17 bits per heavy atom. The maximum atomic E-state index is 13.1. The Kier molecular flexibility index (Phi) is 9.95. The standard InChI is InChI=1S/C41H66O12/c1-20-28(44)30(46)31(47)33(51-20)53-32-29(45)23(42)19-50-34(32)52-27-12-13-38(6)24(37(27,4)5)11-14-39(7)25(38)10-9-21-22-17-36(2,3)15-16-41(22,35(48)49)26(43)18-40(21,39)8/h9,20,22-34,42-47H,10-19H2,1-8H3,(H,48,49). The molecule has 7 aliphatic rings. The Morgan fingerprint density at radius 1 is 0.792 bits per heavy atom. The van der Waals surface area contributed by atoms with Crippen molar-refractivity contribution >= 4 is 5.97 Å². The SMILES string of the molecule is CC1OC(OC2C(OC3CCC4(C)C(CCC5(C)C4CC=C4C6CC(C)(C)CCC6(C(=O)O)C(O)CC45C)C3(C)C)OCC(O)C2O)C(O)C(O)C1O. The van der Waals surface area contributed by atoms with Crippen molar-refractivity contribution in [3.63, 3.8) is 0 Å². The van der Waals surface area contributed by atoms with Crippen LogP contribution in [0.3, 0.4) is 0 Å². The van der Waals surface area contributed by atoms with Crippen LogP contribution in [0.2, 0.25) is 0 Å². The number of carboxylic acid groups (broad SMARTS) is 1. The largest absolute Gasteiger partial charge is 0.481 e. The third kappa shape index (κ3) is 5.77. The summed E-state index contributed by atoms with van der Waals surface area (Å²) in [7, 11) is 0. The summed E-state index contributed by atoms with van der Waals surface area (Å²) in [5, 5.41) is 75.5. The molecule has 12 heteroatoms. The molecular formula is C41H66O12. The van der Waals surface area contributed by atoms with Crippen LogP contribution in [0.5, 0.6) is 0 Å². The fourth-order valence-corrected chi connectivity index (χ4v) is 13.4. The van der Waals surface area contributed by atoms with Gasteiger partial charge in [0.2, 0.25) is 0 Å². The number of ether oxygens (including phenoxy) is 4. The van der Waals surface area contributed by atoms with E-state index in [0.29, 0.717) is 25.2 Å². The highest BCUT2D eigenvalue weighted by molar-refractivity contribution is 5.77. The minimum Gasteiger partial charge on any atom is -0.481 e. The highest BCUT2D eigenvalue weighted by Gasteiger charge is 2.71. The van der Waals surface area contributed by atoms with E-state index in [1.165, 1.54) is 5.57 Å². The van der Waals surface area contributed by atoms with E-state index in [1.807, 2.05) is 0 Å². The van der Waals surface area contributed by atoms with Gasteiger partial charge in [-0.2, -0.15) is 0 Å². The first-order valence-corrected chi connectivity index (χ1v) is 20.2. The van der Waals surface area contributed by atoms with E-state index in [0.717, 1.165) is 38.5 Å². The molecule has 18 unspecified atom stereocenters. The molecule has 2 heterocycles. The maximum Gasteiger partial charge on any atom is 0.312 e. The van der Waals surface area contributed by atoms with Gasteiger partial charge in [0.25, 0.3) is 0 Å². The molecule has 18 atom stereocenters. The zero-order valence-corrected chi connectivity index (χ0v) is 32.9. The van der Waals surface area contributed by atoms with E-state index in [4.69, 9.17) is 18.9 Å². The van der Waals surface area contributed by atoms with Crippen LogP contribution in [0.15, 0.2) is 11.6 Å². The van der Waals surface area contributed by atoms with Gasteiger partial charge in [0.05, 0.1) is 24.9 Å². The quantitative estimate of drug-likeness (QED) is 0.160. The topological polar surface area (TPSA) is 196 Å². The summed E-state index contributed by atoms with van der Waals surface area (Å²) in [4.78, 5) is 13.1. The van der Waals surface area contributed by atoms with Gasteiger partial charge in [-0.05, 0) is 110 Å². The van der Waals surface area contributed by atoms with Crippen LogP contribution in [0, 0.1) is 50.2 Å². The summed E-state index contributed by atoms with van der Waals surface area (Å²) in [6.45, 7) is 17.5. The van der Waals surface area contributed by atoms with Crippen molar-refractivity contribution in [2.24, 2.45) is 50.2 Å². The van der Waals surface area contributed by atoms with Gasteiger partial charge in [-0.25, -0.2) is 0 Å². The molecule has 5 aliphatic carbocycles. The Hall–Kier alpha value is -1.19. The van der Waals surface area contributed by atoms with Gasteiger partial charge >= 0.3 is 5.97 Å². The number of hydrogen-bond acceptors (Lipinski definition) is 11. The average Bonchev–Trinajstić information content (AvgIpc) is 3.06. The van der Waals surface area contributed by atoms with Crippen molar-refractivity contribution in [3.8, 4) is 0 Å². The number of fused-ring (bicyclic) bond motifs is 7. The Labute approximate surface area is 314 Å². The van der Waals surface area contributed by atoms with Gasteiger partial charge in [0.1, 0.15) is 42.0 Å². The molecule has 0 bridgehead atoms. The van der Waals surface area contributed by atoms with E-state index in [9.17, 15) is 40.5 Å². The lowest BCUT2D eigenvalue weighted by molar-refractivity contribution is -0.364. The van der Waals surface area contributed by atoms with E-state index in [-0.39, 0.29) is 51.6 Å². The zero-order chi connectivity index (χ0) is 38.8. The molecule has 0 spiro atoms. The Balaban J connectivity index is 1.14. The predicted octanol–water partition coefficient (Wildman–Crippen LogP) is 3.52. The summed E-state index contributed by atoms with van der Waals surface area (Å²) in [6.07, 6.45) is -3.72. The molecule has 7 rings (SSSR count). The van der Waals surface area contributed by atoms with Crippen LogP contribution in [0.4, 0.5) is 0 Å². The lowest BCUT2D eigenvalue weighted by Crippen LogP contribution is -2.68. The fourth-order valence-electron chi connectivity index (χ4n) is 13.4. The molecule has 0 radical (unpaired) electrons. The zero-order valence-electron chi connectivity index (χ0n) is 32.9. The second-order valence-electron chi connectivity index (χ2n) is 20.3. The van der Waals surface area contributed by atoms with Crippen LogP contribution in [0.1, 0.15) is 113 Å². The summed E-state index contributed by atoms with van der Waals surface area (Å²) in [6, 6.07) is 0. The van der Waals surface area contributed by atoms with Crippen LogP contribution in [-0.2, 0) is 23.7 Å². The molecule has 12 nitrogen and oxygen atoms in total. The molecule has 0 amide bonds. The smallest absolute Gasteiger partial charge is 0.312 e. The van der Waals surface area contributed by atoms with Crippen LogP contribution < -0.4 is 0 Å². The number of aliphatic hydroxyl groups excluding tert-OH is 6. The van der Waals surface area contributed by atoms with Crippen LogP contribution in [0.25, 0.3) is 0 Å². The van der Waals surface area contributed by atoms with Crippen LogP contribution >= 0.6 is 0 Å². The Morgan fingerprint density at radius 2 is 1.49 bits per heavy atom. The van der Waals surface area contributed by atoms with E-state index in [1.54, 1.807) is 6.92 Å². The molecule has 302 valence electrons. The van der Waals surface area contributed by atoms with Crippen molar-refractivity contribution in [2.75, 3.05) is 6.61 Å². The van der Waals surface area contributed by atoms with E-state index < -0.39 is 72.8 Å². The second-order valence-corrected chi connectivity index (χ2v) is 20.3. The monoisotopic (exact) mass is 750 g/mol. The summed E-state index contributed by atoms with van der Waals surface area (Å²) in [5.74, 6) is -0.499. The molecule has 2 aliphatic heterocycles. The maximum absolute atomic E-state index is 13.1. The Bertz CT molecular complexity index is 1450. The van der Waals surface area contributed by atoms with Crippen molar-refractivity contribution in [1.29, 1.82) is 0 Å². The number of allylic oxidation sites excluding steroid dienone is 2. The lowest BCUT2D eigenvalue weighted by atomic mass is 9.33. The van der Waals surface area contributed by atoms with Gasteiger partial charge in [0, 0.05) is 0 Å². The molecule has 0 aromatic carbocycles. The number of rotatable bonds is 5. The minimum absolute atomic E-state index is 0.00212. The fraction of sp³-hybridized carbons (Fsp3) is 0.927. The predicted molar refractivity (Wildman–Crippen MR) is 192 cm³/mol. The number of carbonyl (C=O) groups is 1. The summed E-state index contributed by atoms with van der Waals surface area (Å²) >= 11 is 0. The first kappa shape index (κ1) is 40.0. The number of carboxylic acids is 1. The van der Waals surface area contributed by atoms with E-state index >= 15 is 0 Å². The third-order valence-electron chi connectivity index (χ3n) is 16.8. The van der Waals surface area contributed by atoms with Gasteiger partial charge in [-0.3, -0.25) is 4.79 Å². The van der Waals surface area contributed by atoms with Gasteiger partial charge in [-0.1, -0.05) is 60.1 Å². The highest BCUT2D eigenvalue weighted by Crippen LogP contribution is 2.76. The number of hydrogen-bond donors (Lipinski definition) is 7. The van der Waals surface area contributed by atoms with Gasteiger partial charge < -0.3 is 54.7 Å². The minimum atomic E-state index is -1.60. The summed E-state index contributed by atoms with van der Waals surface area (Å²) < 4.78 is 24.4. The molecule has 0 aromatic heterocycles. The van der Waals surface area contributed by atoms with Crippen molar-refractivity contribution in [3.05, 3.63) is 11.6 Å². The van der Waals surface area contributed by atoms with Crippen molar-refractivity contribution < 1.29 is 59.5 Å². The number of aliphatic hydroxyl groups is 6. The summed E-state index contributed by atoms with van der Waals surface area (Å²) in [5.41, 5.74) is -0.802.